The molecule has 1 aromatic carbocycles. The van der Waals surface area contributed by atoms with Crippen LogP contribution in [0.4, 0.5) is 11.6 Å². The molecule has 180 valence electrons. The monoisotopic (exact) mass is 564 g/mol. The van der Waals surface area contributed by atoms with Gasteiger partial charge in [-0.1, -0.05) is 12.1 Å². The summed E-state index contributed by atoms with van der Waals surface area (Å²) in [4.78, 5) is 22.9. The second kappa shape index (κ2) is 12.9. The fraction of sp³-hybridized carbons (Fsp3) is 0.542. The van der Waals surface area contributed by atoms with E-state index in [1.165, 1.54) is 11.3 Å². The first-order valence-electron chi connectivity index (χ1n) is 11.7. The molecule has 2 saturated heterocycles. The summed E-state index contributed by atoms with van der Waals surface area (Å²) in [6.07, 6.45) is 4.73. The van der Waals surface area contributed by atoms with Crippen LogP contribution in [0.5, 0.6) is 0 Å². The molecule has 0 bridgehead atoms. The first-order valence-corrected chi connectivity index (χ1v) is 11.7. The lowest BCUT2D eigenvalue weighted by atomic mass is 10.2. The van der Waals surface area contributed by atoms with E-state index in [9.17, 15) is 0 Å². The number of hydrogen-bond acceptors (Lipinski definition) is 6. The summed E-state index contributed by atoms with van der Waals surface area (Å²) < 4.78 is 0. The highest BCUT2D eigenvalue weighted by molar-refractivity contribution is 14.0. The van der Waals surface area contributed by atoms with E-state index in [0.717, 1.165) is 83.8 Å². The van der Waals surface area contributed by atoms with Gasteiger partial charge in [-0.05, 0) is 43.7 Å². The summed E-state index contributed by atoms with van der Waals surface area (Å²) in [6, 6.07) is 10.7. The molecule has 2 aromatic rings. The molecule has 0 amide bonds. The molecule has 33 heavy (non-hydrogen) atoms. The molecule has 2 fully saturated rings. The van der Waals surface area contributed by atoms with Crippen LogP contribution in [0.25, 0.3) is 0 Å². The zero-order valence-electron chi connectivity index (χ0n) is 19.9. The number of anilines is 2. The number of piperazine rings is 2. The Bertz CT molecular complexity index is 862. The van der Waals surface area contributed by atoms with E-state index in [2.05, 4.69) is 71.1 Å². The predicted molar refractivity (Wildman–Crippen MR) is 147 cm³/mol. The summed E-state index contributed by atoms with van der Waals surface area (Å²) in [7, 11) is 1.87. The highest BCUT2D eigenvalue weighted by Gasteiger charge is 2.21. The lowest BCUT2D eigenvalue weighted by Crippen LogP contribution is -2.53. The van der Waals surface area contributed by atoms with Crippen molar-refractivity contribution >= 4 is 41.6 Å². The third kappa shape index (κ3) is 7.17. The first-order chi connectivity index (χ1) is 15.7. The Morgan fingerprint density at radius 2 is 1.64 bits per heavy atom. The van der Waals surface area contributed by atoms with Crippen LogP contribution in [0.3, 0.4) is 0 Å². The van der Waals surface area contributed by atoms with Gasteiger partial charge in [-0.25, -0.2) is 9.97 Å². The Morgan fingerprint density at radius 3 is 2.30 bits per heavy atom. The van der Waals surface area contributed by atoms with Gasteiger partial charge >= 0.3 is 0 Å². The van der Waals surface area contributed by atoms with E-state index in [1.54, 1.807) is 12.4 Å². The maximum Gasteiger partial charge on any atom is 0.225 e. The lowest BCUT2D eigenvalue weighted by molar-refractivity contribution is 0.254. The Balaban J connectivity index is 0.00000306. The summed E-state index contributed by atoms with van der Waals surface area (Å²) in [5.74, 6) is 1.82. The molecular weight excluding hydrogens is 527 g/mol. The fourth-order valence-electron chi connectivity index (χ4n) is 4.46. The van der Waals surface area contributed by atoms with Crippen LogP contribution in [0, 0.1) is 6.92 Å². The number of halogens is 1. The van der Waals surface area contributed by atoms with E-state index in [1.807, 2.05) is 13.1 Å². The first kappa shape index (κ1) is 25.5. The van der Waals surface area contributed by atoms with Crippen molar-refractivity contribution < 1.29 is 0 Å². The van der Waals surface area contributed by atoms with E-state index in [-0.39, 0.29) is 24.0 Å². The van der Waals surface area contributed by atoms with Crippen LogP contribution in [0.2, 0.25) is 0 Å². The summed E-state index contributed by atoms with van der Waals surface area (Å²) >= 11 is 0. The second-order valence-electron chi connectivity index (χ2n) is 8.52. The molecule has 9 heteroatoms. The van der Waals surface area contributed by atoms with Gasteiger partial charge in [-0.2, -0.15) is 0 Å². The highest BCUT2D eigenvalue weighted by atomic mass is 127. The largest absolute Gasteiger partial charge is 0.369 e. The van der Waals surface area contributed by atoms with Gasteiger partial charge in [0.1, 0.15) is 0 Å². The van der Waals surface area contributed by atoms with E-state index in [0.29, 0.717) is 0 Å². The maximum absolute atomic E-state index is 4.51. The molecule has 0 spiro atoms. The Morgan fingerprint density at radius 1 is 0.939 bits per heavy atom. The van der Waals surface area contributed by atoms with Crippen LogP contribution < -0.4 is 15.1 Å². The van der Waals surface area contributed by atoms with Crippen molar-refractivity contribution in [3.63, 3.8) is 0 Å². The molecule has 0 saturated carbocycles. The molecule has 1 N–H and O–H groups in total. The number of aliphatic imine (C=N–C) groups is 1. The molecule has 0 aliphatic carbocycles. The summed E-state index contributed by atoms with van der Waals surface area (Å²) in [5.41, 5.74) is 2.69. The van der Waals surface area contributed by atoms with Crippen molar-refractivity contribution in [3.05, 3.63) is 48.3 Å². The quantitative estimate of drug-likeness (QED) is 0.250. The number of nitrogens with zero attached hydrogens (tertiary/aromatic N) is 7. The Hall–Kier alpha value is -2.14. The maximum atomic E-state index is 4.51. The second-order valence-corrected chi connectivity index (χ2v) is 8.52. The molecule has 0 unspecified atom stereocenters. The minimum Gasteiger partial charge on any atom is -0.369 e. The Kier molecular flexibility index (Phi) is 9.98. The average molecular weight is 565 g/mol. The van der Waals surface area contributed by atoms with E-state index >= 15 is 0 Å². The highest BCUT2D eigenvalue weighted by Crippen LogP contribution is 2.17. The zero-order chi connectivity index (χ0) is 22.2. The number of aryl methyl sites for hydroxylation is 1. The smallest absolute Gasteiger partial charge is 0.225 e. The van der Waals surface area contributed by atoms with Gasteiger partial charge in [0.15, 0.2) is 5.96 Å². The van der Waals surface area contributed by atoms with Crippen molar-refractivity contribution in [2.24, 2.45) is 4.99 Å². The van der Waals surface area contributed by atoms with Gasteiger partial charge in [-0.3, -0.25) is 9.89 Å². The van der Waals surface area contributed by atoms with Crippen LogP contribution in [0.1, 0.15) is 12.0 Å². The topological polar surface area (TPSA) is 63.1 Å². The molecule has 0 radical (unpaired) electrons. The number of nitrogens with one attached hydrogen (secondary N) is 1. The number of hydrogen-bond donors (Lipinski definition) is 1. The van der Waals surface area contributed by atoms with Crippen LogP contribution in [0.15, 0.2) is 47.7 Å². The zero-order valence-corrected chi connectivity index (χ0v) is 22.2. The molecule has 3 heterocycles. The molecule has 2 aliphatic heterocycles. The van der Waals surface area contributed by atoms with Gasteiger partial charge in [0.05, 0.1) is 0 Å². The molecule has 2 aliphatic rings. The van der Waals surface area contributed by atoms with Crippen LogP contribution in [-0.4, -0.2) is 98.2 Å². The molecule has 1 aromatic heterocycles. The molecule has 0 atom stereocenters. The Labute approximate surface area is 215 Å². The van der Waals surface area contributed by atoms with Crippen molar-refractivity contribution in [1.82, 2.24) is 25.1 Å². The fourth-order valence-corrected chi connectivity index (χ4v) is 4.46. The minimum atomic E-state index is 0. The molecule has 4 rings (SSSR count). The van der Waals surface area contributed by atoms with Crippen molar-refractivity contribution in [1.29, 1.82) is 0 Å². The SMILES string of the molecule is CN=C(NCCCN1CCN(c2cccc(C)c2)CC1)N1CCN(c2ncccn2)CC1.I. The third-order valence-electron chi connectivity index (χ3n) is 6.30. The number of aromatic nitrogens is 2. The molecule has 8 nitrogen and oxygen atoms in total. The average Bonchev–Trinajstić information content (AvgIpc) is 2.85. The van der Waals surface area contributed by atoms with Gasteiger partial charge in [0.25, 0.3) is 0 Å². The molecular formula is C24H37IN8. The van der Waals surface area contributed by atoms with Crippen molar-refractivity contribution in [2.45, 2.75) is 13.3 Å². The number of rotatable bonds is 6. The minimum absolute atomic E-state index is 0. The van der Waals surface area contributed by atoms with Gasteiger partial charge in [-0.15, -0.1) is 24.0 Å². The van der Waals surface area contributed by atoms with Gasteiger partial charge in [0, 0.05) is 84.0 Å². The summed E-state index contributed by atoms with van der Waals surface area (Å²) in [5, 5.41) is 3.56. The standard InChI is InChI=1S/C24H36N8.HI/c1-21-6-3-7-22(20-21)30-14-12-29(13-15-30)11-5-10-26-23(25-2)31-16-18-32(19-17-31)24-27-8-4-9-28-24;/h3-4,6-9,20H,5,10-19H2,1-2H3,(H,25,26);1H. The summed E-state index contributed by atoms with van der Waals surface area (Å²) in [6.45, 7) is 12.4. The lowest BCUT2D eigenvalue weighted by Gasteiger charge is -2.37. The normalized spacial score (nSPS) is 17.6. The van der Waals surface area contributed by atoms with Crippen molar-refractivity contribution in [3.8, 4) is 0 Å². The van der Waals surface area contributed by atoms with Crippen LogP contribution >= 0.6 is 24.0 Å². The van der Waals surface area contributed by atoms with Crippen molar-refractivity contribution in [2.75, 3.05) is 82.3 Å². The number of guanidine groups is 1. The predicted octanol–water partition coefficient (Wildman–Crippen LogP) is 2.31. The number of benzene rings is 1. The van der Waals surface area contributed by atoms with E-state index < -0.39 is 0 Å². The van der Waals surface area contributed by atoms with Crippen LogP contribution in [-0.2, 0) is 0 Å². The van der Waals surface area contributed by atoms with Gasteiger partial charge in [0.2, 0.25) is 5.95 Å². The third-order valence-corrected chi connectivity index (χ3v) is 6.30. The van der Waals surface area contributed by atoms with E-state index in [4.69, 9.17) is 0 Å². The van der Waals surface area contributed by atoms with Gasteiger partial charge < -0.3 is 20.0 Å².